The van der Waals surface area contributed by atoms with E-state index in [2.05, 4.69) is 8.75 Å². The van der Waals surface area contributed by atoms with E-state index in [0.29, 0.717) is 39.4 Å². The van der Waals surface area contributed by atoms with E-state index in [1.165, 1.54) is 40.6 Å². The number of esters is 1. The second-order valence-electron chi connectivity index (χ2n) is 8.41. The average molecular weight is 539 g/mol. The lowest BCUT2D eigenvalue weighted by Crippen LogP contribution is -2.30. The maximum absolute atomic E-state index is 14.7. The van der Waals surface area contributed by atoms with Crippen LogP contribution in [0.2, 0.25) is 0 Å². The number of carbonyl (C=O) groups is 1. The smallest absolute Gasteiger partial charge is 0.342 e. The van der Waals surface area contributed by atoms with Gasteiger partial charge in [0.25, 0.3) is 5.79 Å². The Morgan fingerprint density at radius 3 is 2.21 bits per heavy atom. The molecule has 2 heterocycles. The summed E-state index contributed by atoms with van der Waals surface area (Å²) in [5.74, 6) is -2.60. The molecule has 5 rings (SSSR count). The lowest BCUT2D eigenvalue weighted by atomic mass is 9.87. The predicted molar refractivity (Wildman–Crippen MR) is 137 cm³/mol. The summed E-state index contributed by atoms with van der Waals surface area (Å²) in [6.45, 7) is 0. The monoisotopic (exact) mass is 538 g/mol. The van der Waals surface area contributed by atoms with Crippen LogP contribution in [0.5, 0.6) is 23.0 Å². The largest absolute Gasteiger partial charge is 0.494 e. The number of aromatic nitrogens is 2. The molecule has 0 bridgehead atoms. The molecular formula is C27H23FN2O7S. The number of aliphatic hydroxyl groups is 1. The van der Waals surface area contributed by atoms with Crippen molar-refractivity contribution in [1.82, 2.24) is 8.75 Å². The molecule has 0 fully saturated rings. The summed E-state index contributed by atoms with van der Waals surface area (Å²) in [5.41, 5.74) is 2.71. The van der Waals surface area contributed by atoms with Gasteiger partial charge in [-0.2, -0.15) is 8.75 Å². The molecule has 9 nitrogen and oxygen atoms in total. The van der Waals surface area contributed by atoms with Crippen molar-refractivity contribution in [3.05, 3.63) is 76.6 Å². The van der Waals surface area contributed by atoms with Gasteiger partial charge in [-0.25, -0.2) is 9.18 Å². The maximum Gasteiger partial charge on any atom is 0.342 e. The highest BCUT2D eigenvalue weighted by Gasteiger charge is 2.48. The van der Waals surface area contributed by atoms with E-state index in [-0.39, 0.29) is 28.9 Å². The number of benzene rings is 3. The van der Waals surface area contributed by atoms with Crippen LogP contribution in [0, 0.1) is 5.82 Å². The minimum absolute atomic E-state index is 0.0152. The van der Waals surface area contributed by atoms with Gasteiger partial charge >= 0.3 is 5.97 Å². The molecule has 1 aliphatic heterocycles. The molecule has 0 saturated heterocycles. The third kappa shape index (κ3) is 4.19. The Morgan fingerprint density at radius 1 is 0.895 bits per heavy atom. The molecule has 38 heavy (non-hydrogen) atoms. The van der Waals surface area contributed by atoms with Crippen LogP contribution in [-0.2, 0) is 21.7 Å². The van der Waals surface area contributed by atoms with E-state index in [1.54, 1.807) is 30.3 Å². The predicted octanol–water partition coefficient (Wildman–Crippen LogP) is 4.26. The first-order chi connectivity index (χ1) is 18.3. The van der Waals surface area contributed by atoms with Gasteiger partial charge in [0, 0.05) is 17.6 Å². The summed E-state index contributed by atoms with van der Waals surface area (Å²) in [7, 11) is 5.80. The molecule has 3 aromatic carbocycles. The topological polar surface area (TPSA) is 109 Å². The Hall–Kier alpha value is -4.22. The van der Waals surface area contributed by atoms with Gasteiger partial charge in [-0.1, -0.05) is 6.07 Å². The molecule has 196 valence electrons. The lowest BCUT2D eigenvalue weighted by Gasteiger charge is -2.26. The fourth-order valence-electron chi connectivity index (χ4n) is 4.53. The van der Waals surface area contributed by atoms with Crippen molar-refractivity contribution in [3.63, 3.8) is 0 Å². The summed E-state index contributed by atoms with van der Waals surface area (Å²) in [5, 5.41) is 11.9. The summed E-state index contributed by atoms with van der Waals surface area (Å²) < 4.78 is 50.1. The molecule has 0 saturated carbocycles. The first-order valence-corrected chi connectivity index (χ1v) is 12.1. The van der Waals surface area contributed by atoms with Crippen LogP contribution in [0.3, 0.4) is 0 Å². The molecule has 0 radical (unpaired) electrons. The summed E-state index contributed by atoms with van der Waals surface area (Å²) >= 11 is 1.05. The Morgan fingerprint density at radius 2 is 1.58 bits per heavy atom. The molecule has 1 atom stereocenters. The molecule has 0 amide bonds. The zero-order chi connectivity index (χ0) is 27.0. The van der Waals surface area contributed by atoms with Gasteiger partial charge in [-0.15, -0.1) is 0 Å². The molecule has 4 aromatic rings. The van der Waals surface area contributed by atoms with Crippen LogP contribution < -0.4 is 18.9 Å². The van der Waals surface area contributed by atoms with Crippen molar-refractivity contribution in [2.24, 2.45) is 0 Å². The molecule has 1 aliphatic rings. The van der Waals surface area contributed by atoms with Crippen LogP contribution in [0.25, 0.3) is 16.6 Å². The number of nitrogens with zero attached hydrogens (tertiary/aromatic N) is 2. The van der Waals surface area contributed by atoms with E-state index in [1.807, 2.05) is 0 Å². The van der Waals surface area contributed by atoms with Gasteiger partial charge in [-0.3, -0.25) is 0 Å². The van der Waals surface area contributed by atoms with Crippen LogP contribution >= 0.6 is 11.7 Å². The SMILES string of the molecule is COc1ccc(C2(O)OC(=O)C(c3ccc4nsnc4c3)=C2Cc2cc(OC)c(OC)c(OC)c2)cc1F. The third-order valence-electron chi connectivity index (χ3n) is 6.35. The molecule has 11 heteroatoms. The van der Waals surface area contributed by atoms with E-state index in [0.717, 1.165) is 17.8 Å². The number of rotatable bonds is 8. The Bertz CT molecular complexity index is 1560. The maximum atomic E-state index is 14.7. The van der Waals surface area contributed by atoms with Crippen molar-refractivity contribution < 1.29 is 38.0 Å². The van der Waals surface area contributed by atoms with Crippen molar-refractivity contribution in [2.75, 3.05) is 28.4 Å². The zero-order valence-corrected chi connectivity index (χ0v) is 21.7. The number of hydrogen-bond donors (Lipinski definition) is 1. The number of methoxy groups -OCH3 is 4. The van der Waals surface area contributed by atoms with Gasteiger partial charge in [-0.05, 0) is 53.6 Å². The second-order valence-corrected chi connectivity index (χ2v) is 8.94. The van der Waals surface area contributed by atoms with Crippen LogP contribution in [0.15, 0.2) is 54.1 Å². The van der Waals surface area contributed by atoms with Crippen molar-refractivity contribution >= 4 is 34.3 Å². The van der Waals surface area contributed by atoms with Crippen LogP contribution in [0.1, 0.15) is 16.7 Å². The number of halogens is 1. The Balaban J connectivity index is 1.72. The molecule has 1 aromatic heterocycles. The van der Waals surface area contributed by atoms with Gasteiger partial charge in [0.05, 0.1) is 45.7 Å². The van der Waals surface area contributed by atoms with Crippen molar-refractivity contribution in [2.45, 2.75) is 12.2 Å². The third-order valence-corrected chi connectivity index (χ3v) is 6.90. The van der Waals surface area contributed by atoms with E-state index in [4.69, 9.17) is 23.7 Å². The fraction of sp³-hybridized carbons (Fsp3) is 0.222. The number of ether oxygens (including phenoxy) is 5. The zero-order valence-electron chi connectivity index (χ0n) is 20.9. The quantitative estimate of drug-likeness (QED) is 0.329. The fourth-order valence-corrected chi connectivity index (χ4v) is 5.05. The normalized spacial score (nSPS) is 17.1. The minimum atomic E-state index is -2.27. The second kappa shape index (κ2) is 9.92. The highest BCUT2D eigenvalue weighted by Crippen LogP contribution is 2.47. The van der Waals surface area contributed by atoms with Gasteiger partial charge in [0.2, 0.25) is 5.75 Å². The first kappa shape index (κ1) is 25.4. The summed E-state index contributed by atoms with van der Waals surface area (Å²) in [6.07, 6.45) is 0.0231. The molecule has 0 aliphatic carbocycles. The highest BCUT2D eigenvalue weighted by molar-refractivity contribution is 7.00. The van der Waals surface area contributed by atoms with Gasteiger partial charge in [0.1, 0.15) is 11.0 Å². The van der Waals surface area contributed by atoms with Crippen LogP contribution in [-0.4, -0.2) is 48.3 Å². The summed E-state index contributed by atoms with van der Waals surface area (Å²) in [4.78, 5) is 13.3. The Kier molecular flexibility index (Phi) is 6.64. The number of hydrogen-bond acceptors (Lipinski definition) is 10. The van der Waals surface area contributed by atoms with E-state index >= 15 is 0 Å². The van der Waals surface area contributed by atoms with E-state index < -0.39 is 17.6 Å². The van der Waals surface area contributed by atoms with Crippen LogP contribution in [0.4, 0.5) is 4.39 Å². The Labute approximate surface area is 221 Å². The average Bonchev–Trinajstić information content (AvgIpc) is 3.49. The summed E-state index contributed by atoms with van der Waals surface area (Å²) in [6, 6.07) is 12.4. The molecule has 1 unspecified atom stereocenters. The van der Waals surface area contributed by atoms with Gasteiger partial charge < -0.3 is 28.8 Å². The number of fused-ring (bicyclic) bond motifs is 1. The van der Waals surface area contributed by atoms with Crippen molar-refractivity contribution in [1.29, 1.82) is 0 Å². The molecular weight excluding hydrogens is 515 g/mol. The lowest BCUT2D eigenvalue weighted by molar-refractivity contribution is -0.185. The number of cyclic esters (lactones) is 1. The highest BCUT2D eigenvalue weighted by atomic mass is 32.1. The standard InChI is InChI=1S/C27H23FN2O7S/c1-33-21-8-6-16(13-18(21)28)27(32)17(9-14-10-22(34-2)25(36-4)23(11-14)35-3)24(26(31)37-27)15-5-7-19-20(12-15)30-38-29-19/h5-8,10-13,32H,9H2,1-4H3. The van der Waals surface area contributed by atoms with Crippen molar-refractivity contribution in [3.8, 4) is 23.0 Å². The van der Waals surface area contributed by atoms with Gasteiger partial charge in [0.15, 0.2) is 23.1 Å². The minimum Gasteiger partial charge on any atom is -0.494 e. The van der Waals surface area contributed by atoms with E-state index in [9.17, 15) is 14.3 Å². The molecule has 0 spiro atoms. The molecule has 1 N–H and O–H groups in total. The first-order valence-electron chi connectivity index (χ1n) is 11.4. The number of carbonyl (C=O) groups excluding carboxylic acids is 1.